The number of H-pyrrole nitrogens is 1. The first-order valence-electron chi connectivity index (χ1n) is 5.28. The van der Waals surface area contributed by atoms with Crippen LogP contribution in [-0.2, 0) is 4.74 Å². The molecule has 6 heteroatoms. The molecule has 1 rings (SSSR count). The van der Waals surface area contributed by atoms with Gasteiger partial charge in [0.2, 0.25) is 0 Å². The van der Waals surface area contributed by atoms with E-state index in [1.807, 2.05) is 0 Å². The van der Waals surface area contributed by atoms with Crippen LogP contribution in [0.2, 0.25) is 0 Å². The Morgan fingerprint density at radius 2 is 2.41 bits per heavy atom. The predicted octanol–water partition coefficient (Wildman–Crippen LogP) is 1.29. The molecule has 0 aliphatic heterocycles. The largest absolute Gasteiger partial charge is 0.388 e. The van der Waals surface area contributed by atoms with Crippen LogP contribution in [0.3, 0.4) is 0 Å². The van der Waals surface area contributed by atoms with Crippen LogP contribution in [-0.4, -0.2) is 41.9 Å². The number of hydrogen-bond acceptors (Lipinski definition) is 3. The van der Waals surface area contributed by atoms with Crippen molar-refractivity contribution in [2.75, 3.05) is 20.3 Å². The molecule has 0 bridgehead atoms. The van der Waals surface area contributed by atoms with Crippen molar-refractivity contribution in [2.24, 2.45) is 0 Å². The molecule has 17 heavy (non-hydrogen) atoms. The Labute approximate surface area is 109 Å². The molecule has 0 radical (unpaired) electrons. The molecule has 0 aliphatic rings. The summed E-state index contributed by atoms with van der Waals surface area (Å²) in [4.78, 5) is 14.5. The highest BCUT2D eigenvalue weighted by molar-refractivity contribution is 9.10. The Bertz CT molecular complexity index is 377. The minimum Gasteiger partial charge on any atom is -0.388 e. The van der Waals surface area contributed by atoms with Gasteiger partial charge in [-0.15, -0.1) is 0 Å². The molecule has 0 spiro atoms. The Morgan fingerprint density at radius 1 is 1.71 bits per heavy atom. The summed E-state index contributed by atoms with van der Waals surface area (Å²) in [6, 6.07) is 1.68. The van der Waals surface area contributed by atoms with Crippen molar-refractivity contribution in [3.05, 3.63) is 22.4 Å². The number of aromatic amines is 1. The molecule has 0 aromatic carbocycles. The van der Waals surface area contributed by atoms with Gasteiger partial charge < -0.3 is 20.1 Å². The van der Waals surface area contributed by atoms with Gasteiger partial charge in [-0.2, -0.15) is 0 Å². The maximum atomic E-state index is 11.7. The summed E-state index contributed by atoms with van der Waals surface area (Å²) in [6.07, 6.45) is 2.15. The lowest BCUT2D eigenvalue weighted by atomic mass is 10.0. The van der Waals surface area contributed by atoms with Crippen molar-refractivity contribution < 1.29 is 14.6 Å². The van der Waals surface area contributed by atoms with Gasteiger partial charge >= 0.3 is 0 Å². The summed E-state index contributed by atoms with van der Waals surface area (Å²) >= 11 is 3.25. The van der Waals surface area contributed by atoms with Crippen LogP contribution in [0, 0.1) is 0 Å². The van der Waals surface area contributed by atoms with Gasteiger partial charge in [0.05, 0.1) is 5.60 Å². The first-order chi connectivity index (χ1) is 7.94. The zero-order chi connectivity index (χ0) is 12.9. The smallest absolute Gasteiger partial charge is 0.267 e. The molecule has 1 heterocycles. The van der Waals surface area contributed by atoms with Crippen LogP contribution in [0.1, 0.15) is 23.8 Å². The van der Waals surface area contributed by atoms with Gasteiger partial charge in [-0.1, -0.05) is 0 Å². The highest BCUT2D eigenvalue weighted by Crippen LogP contribution is 2.11. The third kappa shape index (κ3) is 4.89. The fraction of sp³-hybridized carbons (Fsp3) is 0.545. The molecular weight excluding hydrogens is 288 g/mol. The highest BCUT2D eigenvalue weighted by atomic mass is 79.9. The standard InChI is InChI=1S/C11H17BrN2O3/c1-11(16,3-4-17-2)7-14-10(15)9-5-8(12)6-13-9/h5-6,13,16H,3-4,7H2,1-2H3,(H,14,15). The van der Waals surface area contributed by atoms with Gasteiger partial charge in [0.25, 0.3) is 5.91 Å². The van der Waals surface area contributed by atoms with Gasteiger partial charge in [-0.05, 0) is 28.9 Å². The Kier molecular flexibility index (Phi) is 5.17. The fourth-order valence-corrected chi connectivity index (χ4v) is 1.62. The third-order valence-corrected chi connectivity index (χ3v) is 2.82. The summed E-state index contributed by atoms with van der Waals surface area (Å²) < 4.78 is 5.70. The second kappa shape index (κ2) is 6.18. The van der Waals surface area contributed by atoms with E-state index in [0.29, 0.717) is 18.7 Å². The molecule has 5 nitrogen and oxygen atoms in total. The Morgan fingerprint density at radius 3 is 2.94 bits per heavy atom. The van der Waals surface area contributed by atoms with E-state index in [2.05, 4.69) is 26.2 Å². The average molecular weight is 305 g/mol. The van der Waals surface area contributed by atoms with E-state index >= 15 is 0 Å². The molecule has 1 unspecified atom stereocenters. The zero-order valence-corrected chi connectivity index (χ0v) is 11.5. The van der Waals surface area contributed by atoms with E-state index in [0.717, 1.165) is 4.47 Å². The maximum Gasteiger partial charge on any atom is 0.267 e. The second-order valence-corrected chi connectivity index (χ2v) is 5.07. The lowest BCUT2D eigenvalue weighted by Crippen LogP contribution is -2.41. The van der Waals surface area contributed by atoms with Gasteiger partial charge in [0.15, 0.2) is 0 Å². The molecule has 1 atom stereocenters. The van der Waals surface area contributed by atoms with Crippen LogP contribution in [0.4, 0.5) is 0 Å². The van der Waals surface area contributed by atoms with E-state index in [9.17, 15) is 9.90 Å². The quantitative estimate of drug-likeness (QED) is 0.741. The Balaban J connectivity index is 2.42. The van der Waals surface area contributed by atoms with Crippen LogP contribution in [0.5, 0.6) is 0 Å². The van der Waals surface area contributed by atoms with Crippen molar-refractivity contribution in [3.8, 4) is 0 Å². The molecule has 0 saturated carbocycles. The predicted molar refractivity (Wildman–Crippen MR) is 67.9 cm³/mol. The van der Waals surface area contributed by atoms with Crippen LogP contribution < -0.4 is 5.32 Å². The summed E-state index contributed by atoms with van der Waals surface area (Å²) in [5.74, 6) is -0.242. The average Bonchev–Trinajstić information content (AvgIpc) is 2.70. The maximum absolute atomic E-state index is 11.7. The lowest BCUT2D eigenvalue weighted by Gasteiger charge is -2.22. The SMILES string of the molecule is COCCC(C)(O)CNC(=O)c1cc(Br)c[nH]1. The van der Waals surface area contributed by atoms with Crippen molar-refractivity contribution in [1.29, 1.82) is 0 Å². The van der Waals surface area contributed by atoms with Crippen LogP contribution in [0.15, 0.2) is 16.7 Å². The van der Waals surface area contributed by atoms with E-state index in [1.54, 1.807) is 26.3 Å². The van der Waals surface area contributed by atoms with E-state index in [1.165, 1.54) is 0 Å². The molecule has 1 amide bonds. The lowest BCUT2D eigenvalue weighted by molar-refractivity contribution is 0.0243. The van der Waals surface area contributed by atoms with E-state index in [-0.39, 0.29) is 12.5 Å². The first-order valence-corrected chi connectivity index (χ1v) is 6.07. The van der Waals surface area contributed by atoms with Crippen molar-refractivity contribution in [1.82, 2.24) is 10.3 Å². The number of halogens is 1. The van der Waals surface area contributed by atoms with Gasteiger partial charge in [0.1, 0.15) is 5.69 Å². The number of methoxy groups -OCH3 is 1. The van der Waals surface area contributed by atoms with Crippen LogP contribution in [0.25, 0.3) is 0 Å². The monoisotopic (exact) mass is 304 g/mol. The summed E-state index contributed by atoms with van der Waals surface area (Å²) in [7, 11) is 1.57. The molecule has 1 aromatic heterocycles. The summed E-state index contributed by atoms with van der Waals surface area (Å²) in [5.41, 5.74) is -0.505. The van der Waals surface area contributed by atoms with E-state index in [4.69, 9.17) is 4.74 Å². The number of carbonyl (C=O) groups excluding carboxylic acids is 1. The van der Waals surface area contributed by atoms with Crippen molar-refractivity contribution in [2.45, 2.75) is 18.9 Å². The summed E-state index contributed by atoms with van der Waals surface area (Å²) in [5, 5.41) is 12.6. The molecule has 0 aliphatic carbocycles. The second-order valence-electron chi connectivity index (χ2n) is 4.15. The number of ether oxygens (including phenoxy) is 1. The van der Waals surface area contributed by atoms with Crippen molar-refractivity contribution in [3.63, 3.8) is 0 Å². The first kappa shape index (κ1) is 14.2. The fourth-order valence-electron chi connectivity index (χ4n) is 1.28. The van der Waals surface area contributed by atoms with E-state index < -0.39 is 5.60 Å². The molecule has 96 valence electrons. The van der Waals surface area contributed by atoms with Gasteiger partial charge in [0, 0.05) is 37.4 Å². The minimum absolute atomic E-state index is 0.186. The number of amides is 1. The van der Waals surface area contributed by atoms with Gasteiger partial charge in [-0.3, -0.25) is 4.79 Å². The topological polar surface area (TPSA) is 74.3 Å². The Hall–Kier alpha value is -0.850. The third-order valence-electron chi connectivity index (χ3n) is 2.37. The zero-order valence-electron chi connectivity index (χ0n) is 9.92. The van der Waals surface area contributed by atoms with Gasteiger partial charge in [-0.25, -0.2) is 0 Å². The normalized spacial score (nSPS) is 14.4. The molecule has 3 N–H and O–H groups in total. The molecular formula is C11H17BrN2O3. The minimum atomic E-state index is -0.963. The van der Waals surface area contributed by atoms with Crippen molar-refractivity contribution >= 4 is 21.8 Å². The number of aromatic nitrogens is 1. The molecule has 1 aromatic rings. The number of nitrogens with one attached hydrogen (secondary N) is 2. The molecule has 0 saturated heterocycles. The van der Waals surface area contributed by atoms with Crippen LogP contribution >= 0.6 is 15.9 Å². The number of rotatable bonds is 6. The number of carbonyl (C=O) groups is 1. The molecule has 0 fully saturated rings. The highest BCUT2D eigenvalue weighted by Gasteiger charge is 2.21. The number of aliphatic hydroxyl groups is 1. The summed E-state index contributed by atoms with van der Waals surface area (Å²) in [6.45, 7) is 2.31. The number of hydrogen-bond donors (Lipinski definition) is 3.